The summed E-state index contributed by atoms with van der Waals surface area (Å²) in [4.78, 5) is 14.2. The Balaban J connectivity index is 1.91. The van der Waals surface area contributed by atoms with Crippen molar-refractivity contribution in [3.05, 3.63) is 65.7 Å². The lowest BCUT2D eigenvalue weighted by molar-refractivity contribution is -0.133. The third-order valence-electron chi connectivity index (χ3n) is 4.03. The average molecular weight is 336 g/mol. The molecule has 0 aromatic heterocycles. The van der Waals surface area contributed by atoms with Gasteiger partial charge in [-0.1, -0.05) is 49.4 Å². The van der Waals surface area contributed by atoms with Crippen molar-refractivity contribution in [2.75, 3.05) is 19.7 Å². The minimum absolute atomic E-state index is 0.00656. The fourth-order valence-corrected chi connectivity index (χ4v) is 2.55. The molecule has 0 heterocycles. The van der Waals surface area contributed by atoms with Crippen LogP contribution in [-0.2, 0) is 17.6 Å². The molecule has 0 fully saturated rings. The number of amides is 1. The predicted molar refractivity (Wildman–Crippen MR) is 98.3 cm³/mol. The fourth-order valence-electron chi connectivity index (χ4n) is 2.55. The minimum Gasteiger partial charge on any atom is -0.484 e. The summed E-state index contributed by atoms with van der Waals surface area (Å²) in [7, 11) is 0. The Morgan fingerprint density at radius 3 is 2.56 bits per heavy atom. The van der Waals surface area contributed by atoms with Gasteiger partial charge in [-0.2, -0.15) is 5.26 Å². The molecule has 0 N–H and O–H groups in total. The number of hydrogen-bond acceptors (Lipinski definition) is 3. The number of ether oxygens (including phenoxy) is 1. The van der Waals surface area contributed by atoms with Crippen LogP contribution >= 0.6 is 0 Å². The van der Waals surface area contributed by atoms with Gasteiger partial charge in [0.15, 0.2) is 6.61 Å². The lowest BCUT2D eigenvalue weighted by Gasteiger charge is -2.22. The van der Waals surface area contributed by atoms with Gasteiger partial charge in [-0.15, -0.1) is 0 Å². The number of carbonyl (C=O) groups excluding carboxylic acids is 1. The third kappa shape index (κ3) is 6.31. The lowest BCUT2D eigenvalue weighted by Crippen LogP contribution is -2.37. The molecule has 0 saturated heterocycles. The summed E-state index contributed by atoms with van der Waals surface area (Å²) in [6.07, 6.45) is 2.02. The number of nitriles is 1. The van der Waals surface area contributed by atoms with E-state index < -0.39 is 0 Å². The highest BCUT2D eigenvalue weighted by molar-refractivity contribution is 5.77. The number of nitrogens with zero attached hydrogens (tertiary/aromatic N) is 2. The molecule has 0 aliphatic rings. The van der Waals surface area contributed by atoms with E-state index in [1.54, 1.807) is 4.90 Å². The number of aryl methyl sites for hydroxylation is 1. The van der Waals surface area contributed by atoms with Gasteiger partial charge < -0.3 is 9.64 Å². The van der Waals surface area contributed by atoms with Crippen LogP contribution in [0.15, 0.2) is 54.6 Å². The maximum Gasteiger partial charge on any atom is 0.260 e. The second-order valence-electron chi connectivity index (χ2n) is 5.81. The van der Waals surface area contributed by atoms with Crippen molar-refractivity contribution in [1.29, 1.82) is 5.26 Å². The van der Waals surface area contributed by atoms with Gasteiger partial charge in [-0.3, -0.25) is 4.79 Å². The van der Waals surface area contributed by atoms with Crippen molar-refractivity contribution in [3.63, 3.8) is 0 Å². The molecule has 0 saturated carbocycles. The van der Waals surface area contributed by atoms with Gasteiger partial charge in [0.05, 0.1) is 12.5 Å². The average Bonchev–Trinajstić information content (AvgIpc) is 2.67. The SMILES string of the molecule is CCc1cccc(OCC(=O)N(CCC#N)CCc2ccccc2)c1. The second kappa shape index (κ2) is 10.1. The quantitative estimate of drug-likeness (QED) is 0.703. The second-order valence-corrected chi connectivity index (χ2v) is 5.81. The Labute approximate surface area is 149 Å². The molecular formula is C21H24N2O2. The van der Waals surface area contributed by atoms with Crippen LogP contribution in [-0.4, -0.2) is 30.5 Å². The number of carbonyl (C=O) groups is 1. The van der Waals surface area contributed by atoms with E-state index in [1.807, 2.05) is 54.6 Å². The van der Waals surface area contributed by atoms with Crippen LogP contribution in [0, 0.1) is 11.3 Å². The van der Waals surface area contributed by atoms with E-state index in [-0.39, 0.29) is 12.5 Å². The molecular weight excluding hydrogens is 312 g/mol. The lowest BCUT2D eigenvalue weighted by atomic mass is 10.1. The monoisotopic (exact) mass is 336 g/mol. The fraction of sp³-hybridized carbons (Fsp3) is 0.333. The molecule has 4 nitrogen and oxygen atoms in total. The molecule has 4 heteroatoms. The molecule has 2 rings (SSSR count). The number of hydrogen-bond donors (Lipinski definition) is 0. The van der Waals surface area contributed by atoms with E-state index in [2.05, 4.69) is 13.0 Å². The Kier molecular flexibility index (Phi) is 7.52. The van der Waals surface area contributed by atoms with Crippen LogP contribution in [0.3, 0.4) is 0 Å². The highest BCUT2D eigenvalue weighted by Crippen LogP contribution is 2.14. The van der Waals surface area contributed by atoms with Crippen LogP contribution in [0.2, 0.25) is 0 Å². The van der Waals surface area contributed by atoms with Crippen LogP contribution < -0.4 is 4.74 Å². The van der Waals surface area contributed by atoms with Crippen LogP contribution in [0.4, 0.5) is 0 Å². The van der Waals surface area contributed by atoms with E-state index in [0.29, 0.717) is 25.3 Å². The maximum absolute atomic E-state index is 12.5. The van der Waals surface area contributed by atoms with Gasteiger partial charge in [-0.25, -0.2) is 0 Å². The molecule has 0 radical (unpaired) electrons. The molecule has 25 heavy (non-hydrogen) atoms. The summed E-state index contributed by atoms with van der Waals surface area (Å²) < 4.78 is 5.65. The predicted octanol–water partition coefficient (Wildman–Crippen LogP) is 3.61. The molecule has 0 atom stereocenters. The molecule has 0 bridgehead atoms. The first-order valence-corrected chi connectivity index (χ1v) is 8.63. The summed E-state index contributed by atoms with van der Waals surface area (Å²) in [6.45, 7) is 3.09. The third-order valence-corrected chi connectivity index (χ3v) is 4.03. The zero-order chi connectivity index (χ0) is 17.9. The Bertz CT molecular complexity index is 707. The van der Waals surface area contributed by atoms with Crippen LogP contribution in [0.1, 0.15) is 24.5 Å². The summed E-state index contributed by atoms with van der Waals surface area (Å²) in [5, 5.41) is 8.83. The Hall–Kier alpha value is -2.80. The van der Waals surface area contributed by atoms with E-state index in [9.17, 15) is 4.79 Å². The van der Waals surface area contributed by atoms with Crippen molar-refractivity contribution in [2.24, 2.45) is 0 Å². The highest BCUT2D eigenvalue weighted by atomic mass is 16.5. The maximum atomic E-state index is 12.5. The molecule has 1 amide bonds. The first-order chi connectivity index (χ1) is 12.2. The van der Waals surface area contributed by atoms with E-state index in [0.717, 1.165) is 12.8 Å². The molecule has 0 aliphatic carbocycles. The summed E-state index contributed by atoms with van der Waals surface area (Å²) >= 11 is 0. The van der Waals surface area contributed by atoms with Gasteiger partial charge in [0.25, 0.3) is 5.91 Å². The highest BCUT2D eigenvalue weighted by Gasteiger charge is 2.14. The van der Waals surface area contributed by atoms with Crippen molar-refractivity contribution < 1.29 is 9.53 Å². The Morgan fingerprint density at radius 2 is 1.84 bits per heavy atom. The molecule has 2 aromatic rings. The van der Waals surface area contributed by atoms with Gasteiger partial charge in [0.1, 0.15) is 5.75 Å². The van der Waals surface area contributed by atoms with Crippen LogP contribution in [0.5, 0.6) is 5.75 Å². The number of benzene rings is 2. The van der Waals surface area contributed by atoms with Crippen LogP contribution in [0.25, 0.3) is 0 Å². The zero-order valence-corrected chi connectivity index (χ0v) is 14.6. The van der Waals surface area contributed by atoms with Crippen molar-refractivity contribution in [1.82, 2.24) is 4.90 Å². The minimum atomic E-state index is -0.0897. The van der Waals surface area contributed by atoms with Gasteiger partial charge in [0, 0.05) is 13.1 Å². The first-order valence-electron chi connectivity index (χ1n) is 8.63. The van der Waals surface area contributed by atoms with E-state index in [4.69, 9.17) is 10.00 Å². The molecule has 0 unspecified atom stereocenters. The number of rotatable bonds is 9. The molecule has 130 valence electrons. The van der Waals surface area contributed by atoms with Crippen molar-refractivity contribution in [3.8, 4) is 11.8 Å². The van der Waals surface area contributed by atoms with Gasteiger partial charge >= 0.3 is 0 Å². The van der Waals surface area contributed by atoms with Gasteiger partial charge in [0.2, 0.25) is 0 Å². The summed E-state index contributed by atoms with van der Waals surface area (Å²) in [5.74, 6) is 0.615. The topological polar surface area (TPSA) is 53.3 Å². The molecule has 0 aliphatic heterocycles. The first kappa shape index (κ1) is 18.5. The molecule has 2 aromatic carbocycles. The standard InChI is InChI=1S/C21H24N2O2/c1-2-18-10-6-11-20(16-18)25-17-21(24)23(14-7-13-22)15-12-19-8-4-3-5-9-19/h3-6,8-11,16H,2,7,12,14-15,17H2,1H3. The summed E-state index contributed by atoms with van der Waals surface area (Å²) in [5.41, 5.74) is 2.35. The largest absolute Gasteiger partial charge is 0.484 e. The summed E-state index contributed by atoms with van der Waals surface area (Å²) in [6, 6.07) is 19.9. The smallest absolute Gasteiger partial charge is 0.260 e. The van der Waals surface area contributed by atoms with E-state index in [1.165, 1.54) is 11.1 Å². The Morgan fingerprint density at radius 1 is 1.08 bits per heavy atom. The van der Waals surface area contributed by atoms with Crippen molar-refractivity contribution in [2.45, 2.75) is 26.2 Å². The van der Waals surface area contributed by atoms with Crippen molar-refractivity contribution >= 4 is 5.91 Å². The van der Waals surface area contributed by atoms with Gasteiger partial charge in [-0.05, 0) is 36.1 Å². The normalized spacial score (nSPS) is 10.1. The molecule has 0 spiro atoms. The van der Waals surface area contributed by atoms with E-state index >= 15 is 0 Å². The zero-order valence-electron chi connectivity index (χ0n) is 14.6.